The highest BCUT2D eigenvalue weighted by molar-refractivity contribution is 7.09. The molecule has 0 spiro atoms. The van der Waals surface area contributed by atoms with Gasteiger partial charge >= 0.3 is 0 Å². The summed E-state index contributed by atoms with van der Waals surface area (Å²) in [6.45, 7) is 8.85. The molecule has 0 saturated carbocycles. The monoisotopic (exact) mass is 375 g/mol. The third-order valence-corrected chi connectivity index (χ3v) is 6.33. The van der Waals surface area contributed by atoms with Gasteiger partial charge in [-0.2, -0.15) is 5.10 Å². The number of rotatable bonds is 8. The van der Waals surface area contributed by atoms with E-state index < -0.39 is 0 Å². The molecule has 26 heavy (non-hydrogen) atoms. The van der Waals surface area contributed by atoms with Gasteiger partial charge in [0.1, 0.15) is 0 Å². The number of piperidine rings is 1. The first-order valence-electron chi connectivity index (χ1n) is 9.95. The number of aryl methyl sites for hydroxylation is 2. The molecule has 0 N–H and O–H groups in total. The molecule has 1 fully saturated rings. The third-order valence-electron chi connectivity index (χ3n) is 5.37. The number of hydrogen-bond acceptors (Lipinski definition) is 5. The molecule has 2 atom stereocenters. The van der Waals surface area contributed by atoms with Crippen LogP contribution >= 0.6 is 11.3 Å². The molecule has 0 unspecified atom stereocenters. The van der Waals surface area contributed by atoms with E-state index in [0.717, 1.165) is 26.1 Å². The fraction of sp³-hybridized carbons (Fsp3) is 0.700. The predicted octanol–water partition coefficient (Wildman–Crippen LogP) is 3.73. The van der Waals surface area contributed by atoms with Crippen molar-refractivity contribution in [2.75, 3.05) is 26.7 Å². The number of aromatic nitrogens is 3. The van der Waals surface area contributed by atoms with Crippen LogP contribution in [0.2, 0.25) is 0 Å². The van der Waals surface area contributed by atoms with Crippen LogP contribution in [0, 0.1) is 5.92 Å². The van der Waals surface area contributed by atoms with Crippen molar-refractivity contribution in [3.8, 4) is 0 Å². The summed E-state index contributed by atoms with van der Waals surface area (Å²) in [5.41, 5.74) is 2.59. The van der Waals surface area contributed by atoms with Crippen LogP contribution in [0.25, 0.3) is 0 Å². The first-order chi connectivity index (χ1) is 12.6. The van der Waals surface area contributed by atoms with Gasteiger partial charge in [-0.25, -0.2) is 4.98 Å². The van der Waals surface area contributed by atoms with Gasteiger partial charge in [-0.3, -0.25) is 9.58 Å². The molecule has 2 aromatic heterocycles. The lowest BCUT2D eigenvalue weighted by Crippen LogP contribution is -2.42. The minimum atomic E-state index is 0.482. The smallest absolute Gasteiger partial charge is 0.0928 e. The largest absolute Gasteiger partial charge is 0.300 e. The highest BCUT2D eigenvalue weighted by atomic mass is 32.1. The lowest BCUT2D eigenvalue weighted by atomic mass is 9.85. The summed E-state index contributed by atoms with van der Waals surface area (Å²) in [4.78, 5) is 9.88. The van der Waals surface area contributed by atoms with E-state index in [-0.39, 0.29) is 0 Å². The van der Waals surface area contributed by atoms with Gasteiger partial charge in [-0.05, 0) is 51.7 Å². The van der Waals surface area contributed by atoms with Crippen molar-refractivity contribution in [1.82, 2.24) is 24.6 Å². The molecule has 2 aromatic rings. The SMILES string of the molecule is CCCc1nc(CN(C)C[C@@H]2CCCN(CC)[C@H]2c2cnn(C)c2)cs1. The van der Waals surface area contributed by atoms with Crippen LogP contribution in [0.4, 0.5) is 0 Å². The maximum atomic E-state index is 4.80. The van der Waals surface area contributed by atoms with Crippen LogP contribution in [0.1, 0.15) is 55.4 Å². The molecular formula is C20H33N5S. The van der Waals surface area contributed by atoms with Crippen LogP contribution in [0.3, 0.4) is 0 Å². The van der Waals surface area contributed by atoms with E-state index in [1.54, 1.807) is 0 Å². The van der Waals surface area contributed by atoms with E-state index in [9.17, 15) is 0 Å². The molecule has 3 heterocycles. The Morgan fingerprint density at radius 1 is 1.35 bits per heavy atom. The van der Waals surface area contributed by atoms with Gasteiger partial charge in [0.25, 0.3) is 0 Å². The van der Waals surface area contributed by atoms with Gasteiger partial charge in [-0.1, -0.05) is 13.8 Å². The third kappa shape index (κ3) is 4.72. The van der Waals surface area contributed by atoms with Crippen LogP contribution in [0.15, 0.2) is 17.8 Å². The molecule has 6 heteroatoms. The standard InChI is InChI=1S/C20H33N5S/c1-5-8-19-22-18(15-26-19)14-23(3)12-16-9-7-10-25(6-2)20(16)17-11-21-24(4)13-17/h11,13,15-16,20H,5-10,12,14H2,1-4H3/t16-,20+/m0/s1. The van der Waals surface area contributed by atoms with Crippen LogP contribution in [0.5, 0.6) is 0 Å². The highest BCUT2D eigenvalue weighted by Gasteiger charge is 2.33. The van der Waals surface area contributed by atoms with Crippen molar-refractivity contribution in [2.45, 2.75) is 52.1 Å². The summed E-state index contributed by atoms with van der Waals surface area (Å²) in [6, 6.07) is 0.482. The maximum absolute atomic E-state index is 4.80. The fourth-order valence-corrected chi connectivity index (χ4v) is 5.16. The molecule has 0 bridgehead atoms. The molecule has 0 amide bonds. The Labute approximate surface area is 162 Å². The van der Waals surface area contributed by atoms with Gasteiger partial charge in [0.15, 0.2) is 0 Å². The number of nitrogens with zero attached hydrogens (tertiary/aromatic N) is 5. The summed E-state index contributed by atoms with van der Waals surface area (Å²) in [5.74, 6) is 0.645. The molecule has 3 rings (SSSR count). The summed E-state index contributed by atoms with van der Waals surface area (Å²) >= 11 is 1.81. The lowest BCUT2D eigenvalue weighted by molar-refractivity contribution is 0.0747. The van der Waals surface area contributed by atoms with Crippen molar-refractivity contribution in [3.05, 3.63) is 34.0 Å². The Morgan fingerprint density at radius 3 is 2.88 bits per heavy atom. The predicted molar refractivity (Wildman–Crippen MR) is 108 cm³/mol. The van der Waals surface area contributed by atoms with Crippen LogP contribution in [-0.2, 0) is 20.0 Å². The molecule has 1 aliphatic rings. The van der Waals surface area contributed by atoms with Gasteiger partial charge in [-0.15, -0.1) is 11.3 Å². The molecule has 1 saturated heterocycles. The quantitative estimate of drug-likeness (QED) is 0.704. The summed E-state index contributed by atoms with van der Waals surface area (Å²) in [6.07, 6.45) is 9.11. The Hall–Kier alpha value is -1.24. The Kier molecular flexibility index (Phi) is 6.84. The topological polar surface area (TPSA) is 37.2 Å². The zero-order chi connectivity index (χ0) is 18.5. The molecular weight excluding hydrogens is 342 g/mol. The average Bonchev–Trinajstić information content (AvgIpc) is 3.24. The van der Waals surface area contributed by atoms with E-state index in [1.807, 2.05) is 23.1 Å². The molecule has 0 aliphatic carbocycles. The van der Waals surface area contributed by atoms with Gasteiger partial charge in [0.05, 0.1) is 16.9 Å². The molecule has 0 radical (unpaired) electrons. The fourth-order valence-electron chi connectivity index (χ4n) is 4.27. The first-order valence-corrected chi connectivity index (χ1v) is 10.8. The number of hydrogen-bond donors (Lipinski definition) is 0. The van der Waals surface area contributed by atoms with Crippen molar-refractivity contribution in [2.24, 2.45) is 13.0 Å². The van der Waals surface area contributed by atoms with Crippen LogP contribution < -0.4 is 0 Å². The van der Waals surface area contributed by atoms with E-state index in [4.69, 9.17) is 4.98 Å². The van der Waals surface area contributed by atoms with Crippen LogP contribution in [-0.4, -0.2) is 51.2 Å². The number of thiazole rings is 1. The van der Waals surface area contributed by atoms with Gasteiger partial charge in [0.2, 0.25) is 0 Å². The average molecular weight is 376 g/mol. The number of likely N-dealkylation sites (tertiary alicyclic amines) is 1. The van der Waals surface area contributed by atoms with E-state index >= 15 is 0 Å². The Morgan fingerprint density at radius 2 is 2.19 bits per heavy atom. The highest BCUT2D eigenvalue weighted by Crippen LogP contribution is 2.36. The van der Waals surface area contributed by atoms with Crippen molar-refractivity contribution in [3.63, 3.8) is 0 Å². The zero-order valence-corrected chi connectivity index (χ0v) is 17.5. The lowest BCUT2D eigenvalue weighted by Gasteiger charge is -2.42. The minimum absolute atomic E-state index is 0.482. The van der Waals surface area contributed by atoms with Gasteiger partial charge < -0.3 is 4.90 Å². The maximum Gasteiger partial charge on any atom is 0.0928 e. The summed E-state index contributed by atoms with van der Waals surface area (Å²) < 4.78 is 1.93. The second-order valence-corrected chi connectivity index (χ2v) is 8.55. The van der Waals surface area contributed by atoms with E-state index in [2.05, 4.69) is 53.6 Å². The first kappa shape index (κ1) is 19.5. The molecule has 0 aromatic carbocycles. The Bertz CT molecular complexity index is 679. The molecule has 5 nitrogen and oxygen atoms in total. The molecule has 144 valence electrons. The van der Waals surface area contributed by atoms with Crippen molar-refractivity contribution < 1.29 is 0 Å². The van der Waals surface area contributed by atoms with Crippen molar-refractivity contribution >= 4 is 11.3 Å². The van der Waals surface area contributed by atoms with Gasteiger partial charge in [0, 0.05) is 43.3 Å². The summed E-state index contributed by atoms with van der Waals surface area (Å²) in [5, 5.41) is 7.94. The normalized spacial score (nSPS) is 21.6. The summed E-state index contributed by atoms with van der Waals surface area (Å²) in [7, 11) is 4.25. The molecule has 1 aliphatic heterocycles. The van der Waals surface area contributed by atoms with E-state index in [0.29, 0.717) is 12.0 Å². The second kappa shape index (κ2) is 9.11. The second-order valence-electron chi connectivity index (χ2n) is 7.60. The minimum Gasteiger partial charge on any atom is -0.300 e. The van der Waals surface area contributed by atoms with E-state index in [1.165, 1.54) is 42.1 Å². The zero-order valence-electron chi connectivity index (χ0n) is 16.7. The van der Waals surface area contributed by atoms with Crippen molar-refractivity contribution in [1.29, 1.82) is 0 Å². The Balaban J connectivity index is 1.66.